The van der Waals surface area contributed by atoms with E-state index < -0.39 is 0 Å². The molecule has 2 amide bonds. The van der Waals surface area contributed by atoms with E-state index in [9.17, 15) is 9.18 Å². The highest BCUT2D eigenvalue weighted by molar-refractivity contribution is 5.89. The molecule has 1 aromatic heterocycles. The molecule has 1 saturated heterocycles. The zero-order valence-electron chi connectivity index (χ0n) is 14.7. The molecular formula is C19H23FN4O2. The molecule has 2 heterocycles. The van der Waals surface area contributed by atoms with Crippen molar-refractivity contribution in [2.24, 2.45) is 11.8 Å². The fourth-order valence-corrected chi connectivity index (χ4v) is 4.33. The van der Waals surface area contributed by atoms with Crippen LogP contribution in [-0.4, -0.2) is 47.0 Å². The van der Waals surface area contributed by atoms with Gasteiger partial charge in [0.2, 0.25) is 0 Å². The first-order chi connectivity index (χ1) is 12.6. The normalized spacial score (nSPS) is 28.0. The van der Waals surface area contributed by atoms with Crippen molar-refractivity contribution >= 4 is 11.7 Å². The predicted octanol–water partition coefficient (Wildman–Crippen LogP) is 3.15. The van der Waals surface area contributed by atoms with Crippen molar-refractivity contribution in [3.8, 4) is 0 Å². The molecule has 2 aromatic rings. The van der Waals surface area contributed by atoms with Crippen LogP contribution in [0.1, 0.15) is 18.9 Å². The second-order valence-corrected chi connectivity index (χ2v) is 7.16. The molecule has 0 unspecified atom stereocenters. The van der Waals surface area contributed by atoms with Gasteiger partial charge in [0.05, 0.1) is 12.1 Å². The van der Waals surface area contributed by atoms with E-state index in [-0.39, 0.29) is 24.0 Å². The van der Waals surface area contributed by atoms with Gasteiger partial charge in [-0.1, -0.05) is 6.07 Å². The Morgan fingerprint density at radius 3 is 2.77 bits per heavy atom. The highest BCUT2D eigenvalue weighted by atomic mass is 19.1. The standard InChI is InChI=1S/C19H23FN4O2/c1-26-18-9-14-12-23(19(25)22-16-5-2-4-15(20)10-16)11-13(14)8-17(18)24-7-3-6-21-24/h2-7,10,13-14,17-18H,8-9,11-12H2,1H3,(H,22,25)/t13-,14+,17-,18-/m0/s1. The van der Waals surface area contributed by atoms with Gasteiger partial charge in [-0.25, -0.2) is 9.18 Å². The number of methoxy groups -OCH3 is 1. The van der Waals surface area contributed by atoms with Crippen molar-refractivity contribution < 1.29 is 13.9 Å². The molecule has 26 heavy (non-hydrogen) atoms. The summed E-state index contributed by atoms with van der Waals surface area (Å²) >= 11 is 0. The molecule has 1 aliphatic heterocycles. The zero-order valence-corrected chi connectivity index (χ0v) is 14.7. The fourth-order valence-electron chi connectivity index (χ4n) is 4.33. The molecule has 4 rings (SSSR count). The maximum Gasteiger partial charge on any atom is 0.321 e. The molecule has 138 valence electrons. The van der Waals surface area contributed by atoms with Crippen LogP contribution in [-0.2, 0) is 4.74 Å². The number of carbonyl (C=O) groups is 1. The molecule has 2 fully saturated rings. The molecule has 6 nitrogen and oxygen atoms in total. The largest absolute Gasteiger partial charge is 0.379 e. The van der Waals surface area contributed by atoms with Gasteiger partial charge in [0.25, 0.3) is 0 Å². The monoisotopic (exact) mass is 358 g/mol. The van der Waals surface area contributed by atoms with Gasteiger partial charge < -0.3 is 15.0 Å². The van der Waals surface area contributed by atoms with E-state index in [4.69, 9.17) is 4.74 Å². The van der Waals surface area contributed by atoms with E-state index in [2.05, 4.69) is 10.4 Å². The quantitative estimate of drug-likeness (QED) is 0.917. The number of nitrogens with one attached hydrogen (secondary N) is 1. The summed E-state index contributed by atoms with van der Waals surface area (Å²) in [6.45, 7) is 1.41. The SMILES string of the molecule is CO[C@H]1C[C@@H]2CN(C(=O)Nc3cccc(F)c3)C[C@@H]2C[C@@H]1n1cccn1. The molecular weight excluding hydrogens is 335 g/mol. The first-order valence-electron chi connectivity index (χ1n) is 8.97. The van der Waals surface area contributed by atoms with E-state index in [1.807, 2.05) is 21.8 Å². The number of amides is 2. The minimum Gasteiger partial charge on any atom is -0.379 e. The Labute approximate surface area is 151 Å². The van der Waals surface area contributed by atoms with Crippen LogP contribution in [0.15, 0.2) is 42.7 Å². The Bertz CT molecular complexity index is 767. The first-order valence-corrected chi connectivity index (χ1v) is 8.97. The number of hydrogen-bond donors (Lipinski definition) is 1. The van der Waals surface area contributed by atoms with Crippen molar-refractivity contribution in [3.05, 3.63) is 48.5 Å². The average Bonchev–Trinajstić information content (AvgIpc) is 3.29. The molecule has 0 bridgehead atoms. The lowest BCUT2D eigenvalue weighted by Crippen LogP contribution is -2.37. The van der Waals surface area contributed by atoms with Crippen LogP contribution in [0.3, 0.4) is 0 Å². The summed E-state index contributed by atoms with van der Waals surface area (Å²) in [5.41, 5.74) is 0.481. The molecule has 0 radical (unpaired) electrons. The smallest absolute Gasteiger partial charge is 0.321 e. The van der Waals surface area contributed by atoms with Crippen LogP contribution in [0, 0.1) is 17.7 Å². The molecule has 2 aliphatic rings. The van der Waals surface area contributed by atoms with Crippen LogP contribution in [0.25, 0.3) is 0 Å². The number of anilines is 1. The van der Waals surface area contributed by atoms with Gasteiger partial charge in [-0.05, 0) is 48.9 Å². The number of nitrogens with zero attached hydrogens (tertiary/aromatic N) is 3. The summed E-state index contributed by atoms with van der Waals surface area (Å²) in [4.78, 5) is 14.4. The number of benzene rings is 1. The summed E-state index contributed by atoms with van der Waals surface area (Å²) in [6, 6.07) is 7.92. The van der Waals surface area contributed by atoms with Gasteiger partial charge in [0.1, 0.15) is 5.82 Å². The number of hydrogen-bond acceptors (Lipinski definition) is 3. The molecule has 7 heteroatoms. The van der Waals surface area contributed by atoms with Gasteiger partial charge in [-0.15, -0.1) is 0 Å². The van der Waals surface area contributed by atoms with Crippen LogP contribution in [0.2, 0.25) is 0 Å². The van der Waals surface area contributed by atoms with Crippen molar-refractivity contribution in [2.75, 3.05) is 25.5 Å². The summed E-state index contributed by atoms with van der Waals surface area (Å²) in [6.07, 6.45) is 5.71. The number of fused-ring (bicyclic) bond motifs is 1. The lowest BCUT2D eigenvalue weighted by Gasteiger charge is -2.37. The van der Waals surface area contributed by atoms with Crippen molar-refractivity contribution in [3.63, 3.8) is 0 Å². The molecule has 4 atom stereocenters. The third kappa shape index (κ3) is 3.31. The highest BCUT2D eigenvalue weighted by Gasteiger charge is 2.44. The number of likely N-dealkylation sites (tertiary alicyclic amines) is 1. The Morgan fingerprint density at radius 1 is 1.27 bits per heavy atom. The zero-order chi connectivity index (χ0) is 18.1. The Kier molecular flexibility index (Phi) is 4.63. The number of halogens is 1. The Morgan fingerprint density at radius 2 is 2.08 bits per heavy atom. The van der Waals surface area contributed by atoms with Gasteiger partial charge in [0.15, 0.2) is 0 Å². The van der Waals surface area contributed by atoms with Crippen LogP contribution < -0.4 is 5.32 Å². The maximum atomic E-state index is 13.3. The lowest BCUT2D eigenvalue weighted by atomic mass is 9.77. The fraction of sp³-hybridized carbons (Fsp3) is 0.474. The van der Waals surface area contributed by atoms with Crippen LogP contribution in [0.4, 0.5) is 14.9 Å². The third-order valence-electron chi connectivity index (χ3n) is 5.62. The van der Waals surface area contributed by atoms with E-state index in [0.717, 1.165) is 12.8 Å². The lowest BCUT2D eigenvalue weighted by molar-refractivity contribution is -0.00485. The highest BCUT2D eigenvalue weighted by Crippen LogP contribution is 2.42. The molecule has 1 N–H and O–H groups in total. The van der Waals surface area contributed by atoms with Gasteiger partial charge in [-0.3, -0.25) is 4.68 Å². The predicted molar refractivity (Wildman–Crippen MR) is 95.3 cm³/mol. The Hall–Kier alpha value is -2.41. The number of urea groups is 1. The molecule has 1 aromatic carbocycles. The molecule has 1 aliphatic carbocycles. The van der Waals surface area contributed by atoms with Crippen LogP contribution >= 0.6 is 0 Å². The van der Waals surface area contributed by atoms with Gasteiger partial charge in [0, 0.05) is 38.3 Å². The number of rotatable bonds is 3. The molecule has 0 spiro atoms. The van der Waals surface area contributed by atoms with Gasteiger partial charge >= 0.3 is 6.03 Å². The summed E-state index contributed by atoms with van der Waals surface area (Å²) in [7, 11) is 1.74. The van der Waals surface area contributed by atoms with Crippen LogP contribution in [0.5, 0.6) is 0 Å². The van der Waals surface area contributed by atoms with Crippen molar-refractivity contribution in [2.45, 2.75) is 25.0 Å². The number of carbonyl (C=O) groups excluding carboxylic acids is 1. The molecule has 1 saturated carbocycles. The van der Waals surface area contributed by atoms with E-state index in [1.54, 1.807) is 25.4 Å². The number of aromatic nitrogens is 2. The summed E-state index contributed by atoms with van der Waals surface area (Å²) in [5, 5.41) is 7.18. The van der Waals surface area contributed by atoms with E-state index in [0.29, 0.717) is 30.6 Å². The maximum absolute atomic E-state index is 13.3. The van der Waals surface area contributed by atoms with E-state index in [1.165, 1.54) is 12.1 Å². The first kappa shape index (κ1) is 17.0. The van der Waals surface area contributed by atoms with Gasteiger partial charge in [-0.2, -0.15) is 5.10 Å². The number of ether oxygens (including phenoxy) is 1. The minimum atomic E-state index is -0.358. The van der Waals surface area contributed by atoms with E-state index >= 15 is 0 Å². The average molecular weight is 358 g/mol. The Balaban J connectivity index is 1.43. The topological polar surface area (TPSA) is 59.4 Å². The summed E-state index contributed by atoms with van der Waals surface area (Å²) in [5.74, 6) is 0.488. The van der Waals surface area contributed by atoms with Crippen molar-refractivity contribution in [1.82, 2.24) is 14.7 Å². The summed E-state index contributed by atoms with van der Waals surface area (Å²) < 4.78 is 21.0. The third-order valence-corrected chi connectivity index (χ3v) is 5.62. The second kappa shape index (κ2) is 7.07. The minimum absolute atomic E-state index is 0.0994. The second-order valence-electron chi connectivity index (χ2n) is 7.16. The van der Waals surface area contributed by atoms with Crippen molar-refractivity contribution in [1.29, 1.82) is 0 Å².